The van der Waals surface area contributed by atoms with Crippen LogP contribution in [0.3, 0.4) is 0 Å². The van der Waals surface area contributed by atoms with Gasteiger partial charge in [-0.3, -0.25) is 9.59 Å². The van der Waals surface area contributed by atoms with Gasteiger partial charge >= 0.3 is 5.97 Å². The van der Waals surface area contributed by atoms with Crippen molar-refractivity contribution in [1.82, 2.24) is 4.90 Å². The molecule has 0 spiro atoms. The third-order valence-corrected chi connectivity index (χ3v) is 4.94. The molecule has 0 aliphatic carbocycles. The first kappa shape index (κ1) is 14.7. The Bertz CT molecular complexity index is 338. The van der Waals surface area contributed by atoms with E-state index in [1.807, 2.05) is 11.8 Å². The van der Waals surface area contributed by atoms with Gasteiger partial charge in [0.25, 0.3) is 0 Å². The molecule has 0 aromatic rings. The van der Waals surface area contributed by atoms with Gasteiger partial charge in [-0.05, 0) is 31.9 Å². The lowest BCUT2D eigenvalue weighted by molar-refractivity contribution is -0.152. The van der Waals surface area contributed by atoms with Gasteiger partial charge in [0.15, 0.2) is 0 Å². The van der Waals surface area contributed by atoms with E-state index in [1.165, 1.54) is 6.92 Å². The lowest BCUT2D eigenvalue weighted by atomic mass is 10.1. The quantitative estimate of drug-likeness (QED) is 0.770. The van der Waals surface area contributed by atoms with Crippen molar-refractivity contribution in [3.8, 4) is 0 Å². The van der Waals surface area contributed by atoms with Crippen molar-refractivity contribution >= 4 is 23.6 Å². The molecule has 2 heterocycles. The highest BCUT2D eigenvalue weighted by atomic mass is 32.2. The molecule has 1 N–H and O–H groups in total. The number of amides is 1. The van der Waals surface area contributed by atoms with Crippen molar-refractivity contribution in [1.29, 1.82) is 0 Å². The highest BCUT2D eigenvalue weighted by Crippen LogP contribution is 2.25. The van der Waals surface area contributed by atoms with Crippen molar-refractivity contribution in [2.24, 2.45) is 5.92 Å². The summed E-state index contributed by atoms with van der Waals surface area (Å²) in [5.41, 5.74) is 0. The molecule has 19 heavy (non-hydrogen) atoms. The molecule has 3 unspecified atom stereocenters. The van der Waals surface area contributed by atoms with Gasteiger partial charge in [-0.15, -0.1) is 0 Å². The molecule has 2 aliphatic rings. The highest BCUT2D eigenvalue weighted by molar-refractivity contribution is 7.99. The molecular weight excluding hydrogens is 266 g/mol. The molecule has 1 amide bonds. The average Bonchev–Trinajstić information content (AvgIpc) is 3.06. The molecule has 2 fully saturated rings. The van der Waals surface area contributed by atoms with Gasteiger partial charge in [0, 0.05) is 24.9 Å². The molecular formula is C13H21NO4S. The number of carboxylic acid groups (broad SMARTS) is 1. The monoisotopic (exact) mass is 287 g/mol. The molecule has 0 radical (unpaired) electrons. The molecule has 0 aromatic heterocycles. The maximum absolute atomic E-state index is 12.3. The molecule has 6 heteroatoms. The predicted molar refractivity (Wildman–Crippen MR) is 73.2 cm³/mol. The lowest BCUT2D eigenvalue weighted by Crippen LogP contribution is -2.48. The van der Waals surface area contributed by atoms with E-state index in [0.717, 1.165) is 37.4 Å². The smallest absolute Gasteiger partial charge is 0.315 e. The van der Waals surface area contributed by atoms with Crippen LogP contribution in [0.2, 0.25) is 0 Å². The standard InChI is InChI=1S/C13H21NO4S/c1-9(13(16)17)12(15)14(10-4-6-19-8-10)7-11-3-2-5-18-11/h9-11H,2-8H2,1H3,(H,16,17). The molecule has 5 nitrogen and oxygen atoms in total. The van der Waals surface area contributed by atoms with E-state index < -0.39 is 11.9 Å². The zero-order valence-electron chi connectivity index (χ0n) is 11.2. The van der Waals surface area contributed by atoms with Crippen LogP contribution in [0.25, 0.3) is 0 Å². The first-order valence-electron chi connectivity index (χ1n) is 6.82. The van der Waals surface area contributed by atoms with Crippen LogP contribution in [-0.4, -0.2) is 58.7 Å². The average molecular weight is 287 g/mol. The Morgan fingerprint density at radius 1 is 1.47 bits per heavy atom. The van der Waals surface area contributed by atoms with Crippen LogP contribution in [-0.2, 0) is 14.3 Å². The van der Waals surface area contributed by atoms with Gasteiger partial charge in [-0.2, -0.15) is 11.8 Å². The van der Waals surface area contributed by atoms with E-state index in [1.54, 1.807) is 4.90 Å². The maximum atomic E-state index is 12.3. The number of nitrogens with zero attached hydrogens (tertiary/aromatic N) is 1. The van der Waals surface area contributed by atoms with E-state index in [0.29, 0.717) is 6.54 Å². The number of carboxylic acids is 1. The van der Waals surface area contributed by atoms with Gasteiger partial charge in [0.1, 0.15) is 5.92 Å². The largest absolute Gasteiger partial charge is 0.481 e. The number of hydrogen-bond donors (Lipinski definition) is 1. The first-order valence-corrected chi connectivity index (χ1v) is 7.97. The zero-order chi connectivity index (χ0) is 13.8. The van der Waals surface area contributed by atoms with Crippen LogP contribution in [0.15, 0.2) is 0 Å². The third-order valence-electron chi connectivity index (χ3n) is 3.79. The Morgan fingerprint density at radius 2 is 2.26 bits per heavy atom. The fourth-order valence-corrected chi connectivity index (χ4v) is 3.77. The second kappa shape index (κ2) is 6.61. The number of hydrogen-bond acceptors (Lipinski definition) is 4. The van der Waals surface area contributed by atoms with Crippen molar-refractivity contribution in [2.45, 2.75) is 38.3 Å². The Balaban J connectivity index is 2.03. The van der Waals surface area contributed by atoms with Gasteiger partial charge in [-0.1, -0.05) is 0 Å². The van der Waals surface area contributed by atoms with E-state index in [9.17, 15) is 9.59 Å². The molecule has 0 bridgehead atoms. The molecule has 0 saturated carbocycles. The van der Waals surface area contributed by atoms with Crippen LogP contribution < -0.4 is 0 Å². The van der Waals surface area contributed by atoms with E-state index in [4.69, 9.17) is 9.84 Å². The second-order valence-corrected chi connectivity index (χ2v) is 6.35. The number of carbonyl (C=O) groups excluding carboxylic acids is 1. The van der Waals surface area contributed by atoms with Crippen LogP contribution in [0.4, 0.5) is 0 Å². The lowest BCUT2D eigenvalue weighted by Gasteiger charge is -2.32. The summed E-state index contributed by atoms with van der Waals surface area (Å²) in [4.78, 5) is 25.1. The van der Waals surface area contributed by atoms with Crippen molar-refractivity contribution < 1.29 is 19.4 Å². The maximum Gasteiger partial charge on any atom is 0.315 e. The number of thioether (sulfide) groups is 1. The fourth-order valence-electron chi connectivity index (χ4n) is 2.55. The van der Waals surface area contributed by atoms with E-state index >= 15 is 0 Å². The summed E-state index contributed by atoms with van der Waals surface area (Å²) >= 11 is 1.82. The Hall–Kier alpha value is -0.750. The molecule has 2 aliphatic heterocycles. The minimum Gasteiger partial charge on any atom is -0.481 e. The highest BCUT2D eigenvalue weighted by Gasteiger charge is 2.34. The third kappa shape index (κ3) is 3.63. The van der Waals surface area contributed by atoms with Gasteiger partial charge < -0.3 is 14.7 Å². The van der Waals surface area contributed by atoms with Crippen LogP contribution >= 0.6 is 11.8 Å². The van der Waals surface area contributed by atoms with Gasteiger partial charge in [-0.25, -0.2) is 0 Å². The molecule has 108 valence electrons. The van der Waals surface area contributed by atoms with Crippen LogP contribution in [0.1, 0.15) is 26.2 Å². The first-order chi connectivity index (χ1) is 9.09. The van der Waals surface area contributed by atoms with Crippen molar-refractivity contribution in [3.05, 3.63) is 0 Å². The molecule has 3 atom stereocenters. The Morgan fingerprint density at radius 3 is 2.79 bits per heavy atom. The molecule has 0 aromatic carbocycles. The number of aliphatic carboxylic acids is 1. The summed E-state index contributed by atoms with van der Waals surface area (Å²) < 4.78 is 5.59. The molecule has 2 rings (SSSR count). The summed E-state index contributed by atoms with van der Waals surface area (Å²) in [5.74, 6) is -0.331. The van der Waals surface area contributed by atoms with Crippen LogP contribution in [0, 0.1) is 5.92 Å². The summed E-state index contributed by atoms with van der Waals surface area (Å²) in [6.45, 7) is 2.76. The van der Waals surface area contributed by atoms with E-state index in [2.05, 4.69) is 0 Å². The normalized spacial score (nSPS) is 28.3. The number of carbonyl (C=O) groups is 2. The minimum absolute atomic E-state index is 0.0792. The number of rotatable bonds is 5. The Kier molecular flexibility index (Phi) is 5.10. The summed E-state index contributed by atoms with van der Waals surface area (Å²) in [6, 6.07) is 0.170. The fraction of sp³-hybridized carbons (Fsp3) is 0.846. The zero-order valence-corrected chi connectivity index (χ0v) is 12.0. The summed E-state index contributed by atoms with van der Waals surface area (Å²) in [7, 11) is 0. The topological polar surface area (TPSA) is 66.8 Å². The minimum atomic E-state index is -1.05. The SMILES string of the molecule is CC(C(=O)O)C(=O)N(CC1CCCO1)C1CCSC1. The van der Waals surface area contributed by atoms with Crippen molar-refractivity contribution in [3.63, 3.8) is 0 Å². The number of ether oxygens (including phenoxy) is 1. The van der Waals surface area contributed by atoms with Crippen molar-refractivity contribution in [2.75, 3.05) is 24.7 Å². The van der Waals surface area contributed by atoms with Gasteiger partial charge in [0.2, 0.25) is 5.91 Å². The Labute approximate surface area is 117 Å². The second-order valence-electron chi connectivity index (χ2n) is 5.20. The van der Waals surface area contributed by atoms with Crippen LogP contribution in [0.5, 0.6) is 0 Å². The molecule has 2 saturated heterocycles. The predicted octanol–water partition coefficient (Wildman–Crippen LogP) is 1.22. The summed E-state index contributed by atoms with van der Waals surface area (Å²) in [5, 5.41) is 9.02. The van der Waals surface area contributed by atoms with E-state index in [-0.39, 0.29) is 18.1 Å². The van der Waals surface area contributed by atoms with Gasteiger partial charge in [0.05, 0.1) is 6.10 Å². The summed E-state index contributed by atoms with van der Waals surface area (Å²) in [6.07, 6.45) is 3.02.